The number of para-hydroxylation sites is 2. The fraction of sp³-hybridized carbons (Fsp3) is 0.391. The standard InChI is InChI=1S/C23H29N3O4/c1-5-6-9-12-26-18-11-8-7-10-17(18)25-21(26)15-24-23(27)16-13-19(28-2)22(30-4)20(14-16)29-3/h7-8,10-11,13-14H,5-6,9,12,15H2,1-4H3,(H,24,27). The molecule has 0 aliphatic rings. The highest BCUT2D eigenvalue weighted by molar-refractivity contribution is 5.95. The number of hydrogen-bond acceptors (Lipinski definition) is 5. The van der Waals surface area contributed by atoms with Crippen molar-refractivity contribution >= 4 is 16.9 Å². The predicted molar refractivity (Wildman–Crippen MR) is 117 cm³/mol. The van der Waals surface area contributed by atoms with Crippen LogP contribution < -0.4 is 19.5 Å². The molecule has 2 aromatic carbocycles. The van der Waals surface area contributed by atoms with Gasteiger partial charge in [0.15, 0.2) is 11.5 Å². The number of imidazole rings is 1. The minimum absolute atomic E-state index is 0.235. The summed E-state index contributed by atoms with van der Waals surface area (Å²) in [6.45, 7) is 3.39. The van der Waals surface area contributed by atoms with Crippen LogP contribution in [0.4, 0.5) is 0 Å². The SMILES string of the molecule is CCCCCn1c(CNC(=O)c2cc(OC)c(OC)c(OC)c2)nc2ccccc21. The molecule has 0 radical (unpaired) electrons. The minimum atomic E-state index is -0.235. The van der Waals surface area contributed by atoms with Crippen LogP contribution in [-0.4, -0.2) is 36.8 Å². The highest BCUT2D eigenvalue weighted by Crippen LogP contribution is 2.38. The van der Waals surface area contributed by atoms with Gasteiger partial charge in [0, 0.05) is 12.1 Å². The average Bonchev–Trinajstić information content (AvgIpc) is 3.14. The molecule has 7 heteroatoms. The molecule has 3 rings (SSSR count). The molecule has 0 aliphatic heterocycles. The maximum atomic E-state index is 12.8. The number of carbonyl (C=O) groups is 1. The summed E-state index contributed by atoms with van der Waals surface area (Å²) < 4.78 is 18.2. The van der Waals surface area contributed by atoms with Gasteiger partial charge in [0.2, 0.25) is 5.75 Å². The van der Waals surface area contributed by atoms with E-state index < -0.39 is 0 Å². The molecule has 0 saturated carbocycles. The van der Waals surface area contributed by atoms with Crippen molar-refractivity contribution in [1.29, 1.82) is 0 Å². The molecule has 30 heavy (non-hydrogen) atoms. The molecular formula is C23H29N3O4. The number of carbonyl (C=O) groups excluding carboxylic acids is 1. The van der Waals surface area contributed by atoms with Crippen molar-refractivity contribution in [2.45, 2.75) is 39.3 Å². The van der Waals surface area contributed by atoms with Gasteiger partial charge in [-0.25, -0.2) is 4.98 Å². The molecule has 1 N–H and O–H groups in total. The van der Waals surface area contributed by atoms with Crippen molar-refractivity contribution in [3.8, 4) is 17.2 Å². The summed E-state index contributed by atoms with van der Waals surface area (Å²) in [6, 6.07) is 11.3. The van der Waals surface area contributed by atoms with Crippen LogP contribution in [0.25, 0.3) is 11.0 Å². The Balaban J connectivity index is 1.82. The number of ether oxygens (including phenoxy) is 3. The Bertz CT molecular complexity index is 988. The van der Waals surface area contributed by atoms with Crippen molar-refractivity contribution < 1.29 is 19.0 Å². The van der Waals surface area contributed by atoms with Gasteiger partial charge in [0.1, 0.15) is 5.82 Å². The highest BCUT2D eigenvalue weighted by Gasteiger charge is 2.18. The van der Waals surface area contributed by atoms with Gasteiger partial charge >= 0.3 is 0 Å². The molecule has 1 aromatic heterocycles. The highest BCUT2D eigenvalue weighted by atomic mass is 16.5. The molecule has 7 nitrogen and oxygen atoms in total. The van der Waals surface area contributed by atoms with Crippen molar-refractivity contribution in [3.63, 3.8) is 0 Å². The zero-order chi connectivity index (χ0) is 21.5. The Hall–Kier alpha value is -3.22. The van der Waals surface area contributed by atoms with E-state index in [4.69, 9.17) is 19.2 Å². The number of methoxy groups -OCH3 is 3. The lowest BCUT2D eigenvalue weighted by molar-refractivity contribution is 0.0948. The molecular weight excluding hydrogens is 382 g/mol. The van der Waals surface area contributed by atoms with Crippen molar-refractivity contribution in [1.82, 2.24) is 14.9 Å². The molecule has 0 bridgehead atoms. The maximum absolute atomic E-state index is 12.8. The van der Waals surface area contributed by atoms with Crippen LogP contribution in [0.15, 0.2) is 36.4 Å². The molecule has 160 valence electrons. The second-order valence-corrected chi connectivity index (χ2v) is 6.97. The van der Waals surface area contributed by atoms with Crippen molar-refractivity contribution in [2.75, 3.05) is 21.3 Å². The lowest BCUT2D eigenvalue weighted by Gasteiger charge is -2.14. The quantitative estimate of drug-likeness (QED) is 0.507. The van der Waals surface area contributed by atoms with Gasteiger partial charge in [0.25, 0.3) is 5.91 Å². The molecule has 0 spiro atoms. The number of rotatable bonds is 10. The predicted octanol–water partition coefficient (Wildman–Crippen LogP) is 4.18. The summed E-state index contributed by atoms with van der Waals surface area (Å²) in [4.78, 5) is 17.6. The van der Waals surface area contributed by atoms with Crippen LogP contribution in [0.5, 0.6) is 17.2 Å². The lowest BCUT2D eigenvalue weighted by atomic mass is 10.1. The Morgan fingerprint density at radius 3 is 2.37 bits per heavy atom. The summed E-state index contributed by atoms with van der Waals surface area (Å²) in [5, 5.41) is 2.97. The number of aromatic nitrogens is 2. The Kier molecular flexibility index (Phi) is 7.17. The summed E-state index contributed by atoms with van der Waals surface area (Å²) in [6.07, 6.45) is 3.38. The summed E-state index contributed by atoms with van der Waals surface area (Å²) >= 11 is 0. The van der Waals surface area contributed by atoms with Crippen LogP contribution in [0.3, 0.4) is 0 Å². The Labute approximate surface area is 177 Å². The molecule has 1 amide bonds. The molecule has 1 heterocycles. The first-order valence-electron chi connectivity index (χ1n) is 10.1. The topological polar surface area (TPSA) is 74.6 Å². The van der Waals surface area contributed by atoms with E-state index in [0.717, 1.165) is 42.7 Å². The minimum Gasteiger partial charge on any atom is -0.493 e. The fourth-order valence-electron chi connectivity index (χ4n) is 3.50. The molecule has 0 atom stereocenters. The smallest absolute Gasteiger partial charge is 0.251 e. The summed E-state index contributed by atoms with van der Waals surface area (Å²) in [7, 11) is 4.58. The maximum Gasteiger partial charge on any atom is 0.251 e. The van der Waals surface area contributed by atoms with Crippen LogP contribution in [0, 0.1) is 0 Å². The zero-order valence-corrected chi connectivity index (χ0v) is 18.0. The van der Waals surface area contributed by atoms with E-state index in [1.807, 2.05) is 18.2 Å². The monoisotopic (exact) mass is 411 g/mol. The van der Waals surface area contributed by atoms with E-state index in [0.29, 0.717) is 29.4 Å². The normalized spacial score (nSPS) is 10.8. The third-order valence-corrected chi connectivity index (χ3v) is 5.05. The first-order valence-corrected chi connectivity index (χ1v) is 10.1. The summed E-state index contributed by atoms with van der Waals surface area (Å²) in [5.41, 5.74) is 2.45. The fourth-order valence-corrected chi connectivity index (χ4v) is 3.50. The first kappa shape index (κ1) is 21.5. The second-order valence-electron chi connectivity index (χ2n) is 6.97. The van der Waals surface area contributed by atoms with Crippen LogP contribution in [0.1, 0.15) is 42.4 Å². The number of benzene rings is 2. The van der Waals surface area contributed by atoms with Gasteiger partial charge in [-0.15, -0.1) is 0 Å². The third kappa shape index (κ3) is 4.50. The number of nitrogens with zero attached hydrogens (tertiary/aromatic N) is 2. The third-order valence-electron chi connectivity index (χ3n) is 5.05. The largest absolute Gasteiger partial charge is 0.493 e. The van der Waals surface area contributed by atoms with E-state index in [-0.39, 0.29) is 5.91 Å². The molecule has 3 aromatic rings. The van der Waals surface area contributed by atoms with Gasteiger partial charge in [-0.3, -0.25) is 4.79 Å². The average molecular weight is 412 g/mol. The van der Waals surface area contributed by atoms with Gasteiger partial charge in [-0.05, 0) is 30.7 Å². The number of unbranched alkanes of at least 4 members (excludes halogenated alkanes) is 2. The number of hydrogen-bond donors (Lipinski definition) is 1. The first-order chi connectivity index (χ1) is 14.6. The van der Waals surface area contributed by atoms with Gasteiger partial charge < -0.3 is 24.1 Å². The van der Waals surface area contributed by atoms with Gasteiger partial charge in [-0.1, -0.05) is 31.9 Å². The number of amides is 1. The lowest BCUT2D eigenvalue weighted by Crippen LogP contribution is -2.25. The Morgan fingerprint density at radius 1 is 1.03 bits per heavy atom. The van der Waals surface area contributed by atoms with Crippen LogP contribution >= 0.6 is 0 Å². The summed E-state index contributed by atoms with van der Waals surface area (Å²) in [5.74, 6) is 1.94. The molecule has 0 aliphatic carbocycles. The number of aryl methyl sites for hydroxylation is 1. The zero-order valence-electron chi connectivity index (χ0n) is 18.0. The number of nitrogens with one attached hydrogen (secondary N) is 1. The van der Waals surface area contributed by atoms with Gasteiger partial charge in [0.05, 0.1) is 38.9 Å². The van der Waals surface area contributed by atoms with E-state index in [2.05, 4.69) is 22.9 Å². The van der Waals surface area contributed by atoms with Gasteiger partial charge in [-0.2, -0.15) is 0 Å². The van der Waals surface area contributed by atoms with E-state index >= 15 is 0 Å². The Morgan fingerprint density at radius 2 is 1.73 bits per heavy atom. The van der Waals surface area contributed by atoms with E-state index in [1.165, 1.54) is 21.3 Å². The van der Waals surface area contributed by atoms with Crippen LogP contribution in [-0.2, 0) is 13.1 Å². The van der Waals surface area contributed by atoms with Crippen molar-refractivity contribution in [3.05, 3.63) is 47.8 Å². The van der Waals surface area contributed by atoms with E-state index in [1.54, 1.807) is 12.1 Å². The van der Waals surface area contributed by atoms with Crippen LogP contribution in [0.2, 0.25) is 0 Å². The molecule has 0 fully saturated rings. The van der Waals surface area contributed by atoms with E-state index in [9.17, 15) is 4.79 Å². The molecule has 0 unspecified atom stereocenters. The second kappa shape index (κ2) is 10.0. The number of fused-ring (bicyclic) bond motifs is 1. The molecule has 0 saturated heterocycles. The van der Waals surface area contributed by atoms with Crippen molar-refractivity contribution in [2.24, 2.45) is 0 Å².